The van der Waals surface area contributed by atoms with Crippen molar-refractivity contribution in [2.24, 2.45) is 0 Å². The zero-order valence-corrected chi connectivity index (χ0v) is 13.0. The fourth-order valence-electron chi connectivity index (χ4n) is 3.58. The standard InChI is InChI=1S/C16H33N3/c1-3-4-5-6-9-17-10-12-18-14-16-8-7-11-19(16)13-15(18)2/h15-17H,3-14H2,1-2H3. The van der Waals surface area contributed by atoms with Gasteiger partial charge in [-0.25, -0.2) is 0 Å². The second-order valence-corrected chi connectivity index (χ2v) is 6.45. The Morgan fingerprint density at radius 1 is 1.11 bits per heavy atom. The van der Waals surface area contributed by atoms with Gasteiger partial charge >= 0.3 is 0 Å². The summed E-state index contributed by atoms with van der Waals surface area (Å²) in [4.78, 5) is 5.41. The Kier molecular flexibility index (Phi) is 6.62. The lowest BCUT2D eigenvalue weighted by Crippen LogP contribution is -2.56. The molecule has 0 radical (unpaired) electrons. The Bertz CT molecular complexity index is 244. The van der Waals surface area contributed by atoms with Gasteiger partial charge in [0, 0.05) is 38.3 Å². The highest BCUT2D eigenvalue weighted by Gasteiger charge is 2.33. The minimum absolute atomic E-state index is 0.747. The Balaban J connectivity index is 1.55. The molecule has 0 aromatic rings. The number of rotatable bonds is 8. The van der Waals surface area contributed by atoms with Gasteiger partial charge in [-0.2, -0.15) is 0 Å². The summed E-state index contributed by atoms with van der Waals surface area (Å²) in [6.07, 6.45) is 8.31. The number of unbranched alkanes of at least 4 members (excludes halogenated alkanes) is 3. The van der Waals surface area contributed by atoms with Crippen LogP contribution < -0.4 is 5.32 Å². The van der Waals surface area contributed by atoms with Crippen molar-refractivity contribution in [3.63, 3.8) is 0 Å². The summed E-state index contributed by atoms with van der Waals surface area (Å²) in [7, 11) is 0. The molecule has 112 valence electrons. The van der Waals surface area contributed by atoms with E-state index in [9.17, 15) is 0 Å². The van der Waals surface area contributed by atoms with Gasteiger partial charge in [0.15, 0.2) is 0 Å². The summed E-state index contributed by atoms with van der Waals surface area (Å²) < 4.78 is 0. The molecule has 2 aliphatic heterocycles. The third-order valence-electron chi connectivity index (χ3n) is 4.85. The number of nitrogens with one attached hydrogen (secondary N) is 1. The maximum absolute atomic E-state index is 3.62. The average Bonchev–Trinajstić information content (AvgIpc) is 2.84. The summed E-state index contributed by atoms with van der Waals surface area (Å²) in [6, 6.07) is 1.61. The lowest BCUT2D eigenvalue weighted by atomic mass is 10.1. The number of piperazine rings is 1. The molecular weight excluding hydrogens is 234 g/mol. The first-order valence-corrected chi connectivity index (χ1v) is 8.50. The largest absolute Gasteiger partial charge is 0.315 e. The highest BCUT2D eigenvalue weighted by Crippen LogP contribution is 2.23. The number of nitrogens with zero attached hydrogens (tertiary/aromatic N) is 2. The molecule has 0 saturated carbocycles. The van der Waals surface area contributed by atoms with Crippen molar-refractivity contribution < 1.29 is 0 Å². The van der Waals surface area contributed by atoms with Crippen molar-refractivity contribution in [3.8, 4) is 0 Å². The summed E-state index contributed by atoms with van der Waals surface area (Å²) in [5.74, 6) is 0. The highest BCUT2D eigenvalue weighted by molar-refractivity contribution is 4.90. The molecule has 2 heterocycles. The van der Waals surface area contributed by atoms with Gasteiger partial charge < -0.3 is 5.32 Å². The van der Waals surface area contributed by atoms with E-state index >= 15 is 0 Å². The van der Waals surface area contributed by atoms with E-state index in [-0.39, 0.29) is 0 Å². The van der Waals surface area contributed by atoms with Crippen LogP contribution in [0, 0.1) is 0 Å². The smallest absolute Gasteiger partial charge is 0.0224 e. The number of hydrogen-bond acceptors (Lipinski definition) is 3. The molecule has 0 aliphatic carbocycles. The maximum atomic E-state index is 3.62. The molecule has 0 aromatic carbocycles. The van der Waals surface area contributed by atoms with Crippen LogP contribution in [0.1, 0.15) is 52.4 Å². The van der Waals surface area contributed by atoms with E-state index in [0.717, 1.165) is 12.1 Å². The van der Waals surface area contributed by atoms with Crippen LogP contribution in [-0.4, -0.2) is 61.2 Å². The van der Waals surface area contributed by atoms with Crippen molar-refractivity contribution in [1.82, 2.24) is 15.1 Å². The lowest BCUT2D eigenvalue weighted by Gasteiger charge is -2.42. The molecule has 3 nitrogen and oxygen atoms in total. The Hall–Kier alpha value is -0.120. The third kappa shape index (κ3) is 4.73. The van der Waals surface area contributed by atoms with E-state index in [0.29, 0.717) is 0 Å². The molecule has 0 bridgehead atoms. The van der Waals surface area contributed by atoms with Crippen molar-refractivity contribution in [1.29, 1.82) is 0 Å². The Morgan fingerprint density at radius 3 is 2.84 bits per heavy atom. The van der Waals surface area contributed by atoms with Crippen LogP contribution in [0.15, 0.2) is 0 Å². The fourth-order valence-corrected chi connectivity index (χ4v) is 3.58. The highest BCUT2D eigenvalue weighted by atomic mass is 15.3. The first kappa shape index (κ1) is 15.3. The van der Waals surface area contributed by atoms with Crippen LogP contribution in [0.4, 0.5) is 0 Å². The molecule has 3 heteroatoms. The Labute approximate surface area is 119 Å². The van der Waals surface area contributed by atoms with Crippen molar-refractivity contribution in [2.75, 3.05) is 39.3 Å². The first-order valence-electron chi connectivity index (χ1n) is 8.50. The van der Waals surface area contributed by atoms with Crippen LogP contribution in [-0.2, 0) is 0 Å². The van der Waals surface area contributed by atoms with Crippen LogP contribution in [0.2, 0.25) is 0 Å². The predicted molar refractivity (Wildman–Crippen MR) is 82.6 cm³/mol. The third-order valence-corrected chi connectivity index (χ3v) is 4.85. The van der Waals surface area contributed by atoms with Gasteiger partial charge in [0.2, 0.25) is 0 Å². The lowest BCUT2D eigenvalue weighted by molar-refractivity contribution is 0.0604. The van der Waals surface area contributed by atoms with E-state index in [2.05, 4.69) is 29.0 Å². The minimum Gasteiger partial charge on any atom is -0.315 e. The van der Waals surface area contributed by atoms with Crippen molar-refractivity contribution in [3.05, 3.63) is 0 Å². The summed E-state index contributed by atoms with van der Waals surface area (Å²) in [5.41, 5.74) is 0. The number of hydrogen-bond donors (Lipinski definition) is 1. The number of fused-ring (bicyclic) bond motifs is 1. The molecule has 2 saturated heterocycles. The van der Waals surface area contributed by atoms with Crippen molar-refractivity contribution >= 4 is 0 Å². The zero-order valence-electron chi connectivity index (χ0n) is 13.0. The van der Waals surface area contributed by atoms with E-state index < -0.39 is 0 Å². The second-order valence-electron chi connectivity index (χ2n) is 6.45. The average molecular weight is 267 g/mol. The van der Waals surface area contributed by atoms with Gasteiger partial charge in [0.25, 0.3) is 0 Å². The molecule has 2 atom stereocenters. The topological polar surface area (TPSA) is 18.5 Å². The normalized spacial score (nSPS) is 28.7. The second kappa shape index (κ2) is 8.23. The molecule has 2 rings (SSSR count). The first-order chi connectivity index (χ1) is 9.31. The minimum atomic E-state index is 0.747. The van der Waals surface area contributed by atoms with Crippen LogP contribution in [0.5, 0.6) is 0 Å². The quantitative estimate of drug-likeness (QED) is 0.681. The van der Waals surface area contributed by atoms with Gasteiger partial charge in [-0.05, 0) is 39.3 Å². The predicted octanol–water partition coefficient (Wildman–Crippen LogP) is 2.32. The molecule has 0 aromatic heterocycles. The van der Waals surface area contributed by atoms with Crippen LogP contribution >= 0.6 is 0 Å². The molecule has 19 heavy (non-hydrogen) atoms. The molecule has 2 unspecified atom stereocenters. The molecule has 2 fully saturated rings. The van der Waals surface area contributed by atoms with Crippen molar-refractivity contribution in [2.45, 2.75) is 64.5 Å². The Morgan fingerprint density at radius 2 is 2.00 bits per heavy atom. The van der Waals surface area contributed by atoms with Gasteiger partial charge in [-0.3, -0.25) is 9.80 Å². The summed E-state index contributed by atoms with van der Waals surface area (Å²) in [5, 5.41) is 3.62. The fraction of sp³-hybridized carbons (Fsp3) is 1.00. The van der Waals surface area contributed by atoms with Gasteiger partial charge in [-0.15, -0.1) is 0 Å². The monoisotopic (exact) mass is 267 g/mol. The molecule has 0 amide bonds. The molecule has 0 spiro atoms. The van der Waals surface area contributed by atoms with E-state index in [4.69, 9.17) is 0 Å². The molecule has 1 N–H and O–H groups in total. The summed E-state index contributed by atoms with van der Waals surface area (Å²) >= 11 is 0. The van der Waals surface area contributed by atoms with Crippen LogP contribution in [0.3, 0.4) is 0 Å². The summed E-state index contributed by atoms with van der Waals surface area (Å²) in [6.45, 7) is 12.2. The zero-order chi connectivity index (χ0) is 13.5. The maximum Gasteiger partial charge on any atom is 0.0224 e. The van der Waals surface area contributed by atoms with Crippen LogP contribution in [0.25, 0.3) is 0 Å². The van der Waals surface area contributed by atoms with E-state index in [1.54, 1.807) is 0 Å². The van der Waals surface area contributed by atoms with Gasteiger partial charge in [-0.1, -0.05) is 26.2 Å². The van der Waals surface area contributed by atoms with E-state index in [1.807, 2.05) is 0 Å². The van der Waals surface area contributed by atoms with E-state index in [1.165, 1.54) is 77.8 Å². The molecule has 2 aliphatic rings. The van der Waals surface area contributed by atoms with Gasteiger partial charge in [0.05, 0.1) is 0 Å². The van der Waals surface area contributed by atoms with Gasteiger partial charge in [0.1, 0.15) is 0 Å². The molecular formula is C16H33N3. The SMILES string of the molecule is CCCCCCNCCN1CC2CCCN2CC1C.